The normalized spacial score (nSPS) is 16.0. The summed E-state index contributed by atoms with van der Waals surface area (Å²) in [6.45, 7) is 20.6. The molecule has 0 fully saturated rings. The van der Waals surface area contributed by atoms with E-state index in [-0.39, 0.29) is 30.1 Å². The van der Waals surface area contributed by atoms with Gasteiger partial charge >= 0.3 is 10.3 Å². The van der Waals surface area contributed by atoms with Crippen LogP contribution in [0.15, 0.2) is 46.9 Å². The van der Waals surface area contributed by atoms with Crippen molar-refractivity contribution in [3.63, 3.8) is 0 Å². The minimum absolute atomic E-state index is 0.00609. The summed E-state index contributed by atoms with van der Waals surface area (Å²) in [4.78, 5) is 13.1. The van der Waals surface area contributed by atoms with Crippen molar-refractivity contribution in [2.24, 2.45) is 17.6 Å². The summed E-state index contributed by atoms with van der Waals surface area (Å²) in [6.07, 6.45) is 3.89. The fourth-order valence-electron chi connectivity index (χ4n) is 4.68. The number of carbonyl (C=O) groups excluding carboxylic acids is 1. The van der Waals surface area contributed by atoms with Gasteiger partial charge < -0.3 is 9.92 Å². The summed E-state index contributed by atoms with van der Waals surface area (Å²) < 4.78 is 34.0. The number of nitrogens with two attached hydrogens (primary N) is 1. The van der Waals surface area contributed by atoms with Gasteiger partial charge in [-0.05, 0) is 81.2 Å². The number of amides is 1. The fraction of sp³-hybridized carbons (Fsp3) is 0.567. The lowest BCUT2D eigenvalue weighted by Crippen LogP contribution is -2.34. The van der Waals surface area contributed by atoms with Crippen molar-refractivity contribution in [2.45, 2.75) is 99.8 Å². The van der Waals surface area contributed by atoms with Crippen molar-refractivity contribution < 1.29 is 17.4 Å². The molecular formula is C30H46N2O4S. The molecule has 0 heterocycles. The van der Waals surface area contributed by atoms with E-state index < -0.39 is 16.2 Å². The molecule has 0 spiro atoms. The summed E-state index contributed by atoms with van der Waals surface area (Å²) in [7, 11) is -4.39. The second-order valence-electron chi connectivity index (χ2n) is 11.6. The number of carbonyl (C=O) groups is 1. The second-order valence-corrected chi connectivity index (χ2v) is 12.8. The molecule has 6 nitrogen and oxygen atoms in total. The standard InChI is InChI=1S/C30H46N2O4S/c1-17(2)23-13-24(18(3)4)28(25(14-23)19(5)6)15-29(33)32-37(34,35)36-30-26(20(7)8)11-22(16-31)12-27(30)21(9)10/h11,13-14,16-21H,12,15,31H2,1-10H3,(H,32,33). The Morgan fingerprint density at radius 1 is 0.919 bits per heavy atom. The maximum atomic E-state index is 13.1. The number of rotatable bonds is 10. The highest BCUT2D eigenvalue weighted by molar-refractivity contribution is 7.85. The van der Waals surface area contributed by atoms with Crippen molar-refractivity contribution in [2.75, 3.05) is 0 Å². The van der Waals surface area contributed by atoms with Crippen LogP contribution in [0.3, 0.4) is 0 Å². The lowest BCUT2D eigenvalue weighted by molar-refractivity contribution is -0.118. The Hall–Kier alpha value is -2.54. The molecule has 206 valence electrons. The smallest absolute Gasteiger partial charge is 0.404 e. The predicted molar refractivity (Wildman–Crippen MR) is 152 cm³/mol. The van der Waals surface area contributed by atoms with E-state index in [2.05, 4.69) is 58.4 Å². The Labute approximate surface area is 224 Å². The van der Waals surface area contributed by atoms with Crippen molar-refractivity contribution in [3.8, 4) is 0 Å². The number of nitrogens with one attached hydrogen (secondary N) is 1. The van der Waals surface area contributed by atoms with E-state index in [1.807, 2.05) is 33.8 Å². The Bertz CT molecular complexity index is 1170. The van der Waals surface area contributed by atoms with E-state index in [1.165, 1.54) is 5.56 Å². The first-order chi connectivity index (χ1) is 17.1. The third kappa shape index (κ3) is 7.73. The topological polar surface area (TPSA) is 98.5 Å². The van der Waals surface area contributed by atoms with Crippen LogP contribution in [0.5, 0.6) is 0 Å². The first-order valence-corrected chi connectivity index (χ1v) is 14.8. The summed E-state index contributed by atoms with van der Waals surface area (Å²) in [5, 5.41) is 0. The fourth-order valence-corrected chi connectivity index (χ4v) is 5.50. The van der Waals surface area contributed by atoms with Crippen LogP contribution in [0.1, 0.15) is 116 Å². The number of hydrogen-bond donors (Lipinski definition) is 2. The van der Waals surface area contributed by atoms with Crippen LogP contribution in [0.4, 0.5) is 0 Å². The van der Waals surface area contributed by atoms with Gasteiger partial charge in [0.1, 0.15) is 5.76 Å². The first kappa shape index (κ1) is 30.7. The average molecular weight is 531 g/mol. The van der Waals surface area contributed by atoms with Crippen LogP contribution in [-0.2, 0) is 25.7 Å². The molecule has 0 bridgehead atoms. The summed E-state index contributed by atoms with van der Waals surface area (Å²) >= 11 is 0. The van der Waals surface area contributed by atoms with Gasteiger partial charge in [0.25, 0.3) is 0 Å². The van der Waals surface area contributed by atoms with Crippen LogP contribution >= 0.6 is 0 Å². The highest BCUT2D eigenvalue weighted by Gasteiger charge is 2.29. The van der Waals surface area contributed by atoms with Gasteiger partial charge in [-0.3, -0.25) is 4.79 Å². The molecule has 0 saturated heterocycles. The molecule has 7 heteroatoms. The molecular weight excluding hydrogens is 484 g/mol. The van der Waals surface area contributed by atoms with E-state index in [4.69, 9.17) is 9.92 Å². The first-order valence-electron chi connectivity index (χ1n) is 13.3. The van der Waals surface area contributed by atoms with E-state index in [0.29, 0.717) is 18.1 Å². The van der Waals surface area contributed by atoms with Gasteiger partial charge in [0.05, 0.1) is 6.42 Å². The number of benzene rings is 1. The number of allylic oxidation sites excluding steroid dienone is 4. The van der Waals surface area contributed by atoms with Crippen molar-refractivity contribution in [1.29, 1.82) is 0 Å². The van der Waals surface area contributed by atoms with Crippen LogP contribution < -0.4 is 10.5 Å². The maximum Gasteiger partial charge on any atom is 0.409 e. The minimum atomic E-state index is -4.39. The molecule has 2 rings (SSSR count). The molecule has 1 amide bonds. The lowest BCUT2D eigenvalue weighted by atomic mass is 9.83. The zero-order valence-corrected chi connectivity index (χ0v) is 25.0. The summed E-state index contributed by atoms with van der Waals surface area (Å²) in [5.74, 6) is 0.479. The molecule has 0 atom stereocenters. The van der Waals surface area contributed by atoms with Gasteiger partial charge in [0.15, 0.2) is 0 Å². The summed E-state index contributed by atoms with van der Waals surface area (Å²) in [6, 6.07) is 4.30. The van der Waals surface area contributed by atoms with Crippen molar-refractivity contribution >= 4 is 16.2 Å². The molecule has 1 aliphatic carbocycles. The SMILES string of the molecule is CC(C)C1=CC(=CN)CC(C(C)C)=C1OS(=O)(=O)NC(=O)Cc1c(C(C)C)cc(C(C)C)cc1C(C)C. The second kappa shape index (κ2) is 12.3. The van der Waals surface area contributed by atoms with Crippen LogP contribution in [0.25, 0.3) is 0 Å². The van der Waals surface area contributed by atoms with E-state index in [1.54, 1.807) is 6.20 Å². The van der Waals surface area contributed by atoms with Crippen molar-refractivity contribution in [1.82, 2.24) is 4.72 Å². The largest absolute Gasteiger partial charge is 0.409 e. The molecule has 0 saturated carbocycles. The zero-order valence-electron chi connectivity index (χ0n) is 24.2. The van der Waals surface area contributed by atoms with Gasteiger partial charge in [0, 0.05) is 0 Å². The molecule has 1 aromatic carbocycles. The lowest BCUT2D eigenvalue weighted by Gasteiger charge is -2.27. The highest BCUT2D eigenvalue weighted by atomic mass is 32.2. The minimum Gasteiger partial charge on any atom is -0.404 e. The molecule has 0 aliphatic heterocycles. The molecule has 0 radical (unpaired) electrons. The zero-order chi connectivity index (χ0) is 28.2. The summed E-state index contributed by atoms with van der Waals surface area (Å²) in [5.41, 5.74) is 12.5. The van der Waals surface area contributed by atoms with Gasteiger partial charge in [-0.1, -0.05) is 87.4 Å². The molecule has 0 unspecified atom stereocenters. The number of hydrogen-bond acceptors (Lipinski definition) is 5. The predicted octanol–water partition coefficient (Wildman–Crippen LogP) is 6.72. The van der Waals surface area contributed by atoms with Crippen molar-refractivity contribution in [3.05, 3.63) is 69.1 Å². The molecule has 0 aromatic heterocycles. The van der Waals surface area contributed by atoms with E-state index in [0.717, 1.165) is 33.4 Å². The molecule has 3 N–H and O–H groups in total. The van der Waals surface area contributed by atoms with Gasteiger partial charge in [-0.15, -0.1) is 0 Å². The van der Waals surface area contributed by atoms with Gasteiger partial charge in [-0.2, -0.15) is 8.42 Å². The third-order valence-electron chi connectivity index (χ3n) is 6.84. The van der Waals surface area contributed by atoms with Gasteiger partial charge in [-0.25, -0.2) is 4.72 Å². The molecule has 1 aliphatic rings. The monoisotopic (exact) mass is 530 g/mol. The molecule has 37 heavy (non-hydrogen) atoms. The third-order valence-corrected chi connectivity index (χ3v) is 7.71. The highest BCUT2D eigenvalue weighted by Crippen LogP contribution is 2.37. The van der Waals surface area contributed by atoms with Crippen LogP contribution in [0, 0.1) is 11.8 Å². The van der Waals surface area contributed by atoms with Crippen LogP contribution in [0.2, 0.25) is 0 Å². The Balaban J connectivity index is 2.42. The Kier molecular flexibility index (Phi) is 10.2. The Morgan fingerprint density at radius 3 is 1.86 bits per heavy atom. The maximum absolute atomic E-state index is 13.1. The molecule has 1 aromatic rings. The van der Waals surface area contributed by atoms with Gasteiger partial charge in [0.2, 0.25) is 5.91 Å². The quantitative estimate of drug-likeness (QED) is 0.350. The average Bonchev–Trinajstić information content (AvgIpc) is 2.77. The van der Waals surface area contributed by atoms with Crippen LogP contribution in [-0.4, -0.2) is 14.3 Å². The van der Waals surface area contributed by atoms with E-state index >= 15 is 0 Å². The Morgan fingerprint density at radius 2 is 1.46 bits per heavy atom. The van der Waals surface area contributed by atoms with E-state index in [9.17, 15) is 13.2 Å².